The van der Waals surface area contributed by atoms with Gasteiger partial charge < -0.3 is 5.32 Å². The summed E-state index contributed by atoms with van der Waals surface area (Å²) in [6.07, 6.45) is 1.58. The number of carbonyl (C=O) groups is 1. The molecule has 0 saturated carbocycles. The van der Waals surface area contributed by atoms with Gasteiger partial charge in [0, 0.05) is 18.0 Å². The molecule has 1 saturated heterocycles. The van der Waals surface area contributed by atoms with E-state index in [2.05, 4.69) is 34.5 Å². The smallest absolute Gasteiger partial charge is 0.223 e. The first-order chi connectivity index (χ1) is 14.7. The van der Waals surface area contributed by atoms with Gasteiger partial charge in [0.25, 0.3) is 0 Å². The summed E-state index contributed by atoms with van der Waals surface area (Å²) < 4.78 is 13.9. The Labute approximate surface area is 177 Å². The lowest BCUT2D eigenvalue weighted by atomic mass is 9.93. The van der Waals surface area contributed by atoms with Gasteiger partial charge in [0.1, 0.15) is 5.82 Å². The highest BCUT2D eigenvalue weighted by Gasteiger charge is 2.27. The summed E-state index contributed by atoms with van der Waals surface area (Å²) in [7, 11) is 0. The Balaban J connectivity index is 1.39. The Bertz CT molecular complexity index is 914. The lowest BCUT2D eigenvalue weighted by molar-refractivity contribution is -0.127. The molecule has 0 aliphatic carbocycles. The summed E-state index contributed by atoms with van der Waals surface area (Å²) in [5.74, 6) is -0.0824. The van der Waals surface area contributed by atoms with E-state index in [-0.39, 0.29) is 23.7 Å². The van der Waals surface area contributed by atoms with Gasteiger partial charge in [-0.05, 0) is 43.1 Å². The minimum atomic E-state index is -0.161. The molecule has 4 heteroatoms. The number of nitrogens with one attached hydrogen (secondary N) is 1. The molecule has 1 N–H and O–H groups in total. The quantitative estimate of drug-likeness (QED) is 0.633. The summed E-state index contributed by atoms with van der Waals surface area (Å²) in [6.45, 7) is 2.19. The van der Waals surface area contributed by atoms with Gasteiger partial charge in [-0.25, -0.2) is 4.39 Å². The Morgan fingerprint density at radius 2 is 1.40 bits per heavy atom. The molecule has 0 atom stereocenters. The van der Waals surface area contributed by atoms with Crippen LogP contribution in [0.15, 0.2) is 84.9 Å². The molecule has 154 valence electrons. The van der Waals surface area contributed by atoms with Crippen molar-refractivity contribution in [1.29, 1.82) is 0 Å². The van der Waals surface area contributed by atoms with Gasteiger partial charge in [-0.2, -0.15) is 0 Å². The normalized spacial score (nSPS) is 15.3. The number of halogens is 1. The van der Waals surface area contributed by atoms with Gasteiger partial charge in [0.15, 0.2) is 0 Å². The maximum atomic E-state index is 13.9. The number of hydrogen-bond donors (Lipinski definition) is 1. The van der Waals surface area contributed by atoms with Gasteiger partial charge in [-0.3, -0.25) is 9.69 Å². The number of rotatable bonds is 6. The Hall–Kier alpha value is -2.98. The van der Waals surface area contributed by atoms with E-state index in [0.717, 1.165) is 37.1 Å². The summed E-state index contributed by atoms with van der Waals surface area (Å²) in [4.78, 5) is 15.3. The van der Waals surface area contributed by atoms with Crippen molar-refractivity contribution in [2.75, 3.05) is 13.1 Å². The fourth-order valence-corrected chi connectivity index (χ4v) is 4.13. The van der Waals surface area contributed by atoms with Crippen molar-refractivity contribution >= 4 is 5.91 Å². The summed E-state index contributed by atoms with van der Waals surface area (Å²) in [5, 5.41) is 3.28. The summed E-state index contributed by atoms with van der Waals surface area (Å²) in [6, 6.07) is 26.9. The van der Waals surface area contributed by atoms with Crippen LogP contribution in [-0.4, -0.2) is 23.9 Å². The second kappa shape index (κ2) is 9.68. The standard InChI is InChI=1S/C26H27FN2O/c27-24-14-8-7-13-23(24)19-29-17-15-22(16-18-29)26(30)28-25(20-9-3-1-4-10-20)21-11-5-2-6-12-21/h1-14,22,25H,15-19H2,(H,28,30). The van der Waals surface area contributed by atoms with Crippen LogP contribution in [0.25, 0.3) is 0 Å². The van der Waals surface area contributed by atoms with Crippen LogP contribution in [0.1, 0.15) is 35.6 Å². The van der Waals surface area contributed by atoms with Crippen molar-refractivity contribution in [2.24, 2.45) is 5.92 Å². The Kier molecular flexibility index (Phi) is 6.55. The molecule has 1 fully saturated rings. The van der Waals surface area contributed by atoms with Crippen LogP contribution in [0.4, 0.5) is 4.39 Å². The topological polar surface area (TPSA) is 32.3 Å². The van der Waals surface area contributed by atoms with Crippen molar-refractivity contribution in [3.8, 4) is 0 Å². The molecule has 1 amide bonds. The van der Waals surface area contributed by atoms with E-state index in [1.807, 2.05) is 48.5 Å². The molecule has 30 heavy (non-hydrogen) atoms. The van der Waals surface area contributed by atoms with Crippen molar-refractivity contribution in [1.82, 2.24) is 10.2 Å². The molecule has 0 spiro atoms. The molecule has 1 aliphatic heterocycles. The van der Waals surface area contributed by atoms with Crippen LogP contribution in [0.5, 0.6) is 0 Å². The average Bonchev–Trinajstić information content (AvgIpc) is 2.80. The third-order valence-electron chi connectivity index (χ3n) is 5.86. The van der Waals surface area contributed by atoms with Gasteiger partial charge in [0.05, 0.1) is 6.04 Å². The van der Waals surface area contributed by atoms with Crippen LogP contribution < -0.4 is 5.32 Å². The molecular formula is C26H27FN2O. The summed E-state index contributed by atoms with van der Waals surface area (Å²) in [5.41, 5.74) is 2.87. The molecule has 3 nitrogen and oxygen atoms in total. The first kappa shape index (κ1) is 20.3. The van der Waals surface area contributed by atoms with Crippen LogP contribution in [0.3, 0.4) is 0 Å². The number of piperidine rings is 1. The van der Waals surface area contributed by atoms with E-state index in [1.54, 1.807) is 6.07 Å². The van der Waals surface area contributed by atoms with Crippen LogP contribution in [0.2, 0.25) is 0 Å². The molecule has 0 radical (unpaired) electrons. The molecule has 0 unspecified atom stereocenters. The molecular weight excluding hydrogens is 375 g/mol. The molecule has 0 aromatic heterocycles. The zero-order chi connectivity index (χ0) is 20.8. The predicted molar refractivity (Wildman–Crippen MR) is 117 cm³/mol. The van der Waals surface area contributed by atoms with Gasteiger partial charge in [0.2, 0.25) is 5.91 Å². The second-order valence-corrected chi connectivity index (χ2v) is 7.90. The van der Waals surface area contributed by atoms with Crippen LogP contribution in [-0.2, 0) is 11.3 Å². The first-order valence-electron chi connectivity index (χ1n) is 10.6. The third-order valence-corrected chi connectivity index (χ3v) is 5.86. The van der Waals surface area contributed by atoms with Crippen molar-refractivity contribution in [3.05, 3.63) is 107 Å². The fraction of sp³-hybridized carbons (Fsp3) is 0.269. The largest absolute Gasteiger partial charge is 0.345 e. The maximum Gasteiger partial charge on any atom is 0.223 e. The minimum Gasteiger partial charge on any atom is -0.345 e. The minimum absolute atomic E-state index is 0.0169. The Morgan fingerprint density at radius 3 is 1.97 bits per heavy atom. The molecule has 3 aromatic rings. The van der Waals surface area contributed by atoms with Gasteiger partial charge >= 0.3 is 0 Å². The molecule has 4 rings (SSSR count). The highest BCUT2D eigenvalue weighted by Crippen LogP contribution is 2.25. The van der Waals surface area contributed by atoms with E-state index in [0.29, 0.717) is 12.1 Å². The highest BCUT2D eigenvalue weighted by molar-refractivity contribution is 5.79. The first-order valence-corrected chi connectivity index (χ1v) is 10.6. The number of likely N-dealkylation sites (tertiary alicyclic amines) is 1. The second-order valence-electron chi connectivity index (χ2n) is 7.90. The SMILES string of the molecule is O=C(NC(c1ccccc1)c1ccccc1)C1CCN(Cc2ccccc2F)CC1. The van der Waals surface area contributed by atoms with Crippen LogP contribution in [0, 0.1) is 11.7 Å². The monoisotopic (exact) mass is 402 g/mol. The fourth-order valence-electron chi connectivity index (χ4n) is 4.13. The predicted octanol–water partition coefficient (Wildman–Crippen LogP) is 4.94. The van der Waals surface area contributed by atoms with Crippen LogP contribution >= 0.6 is 0 Å². The summed E-state index contributed by atoms with van der Waals surface area (Å²) >= 11 is 0. The maximum absolute atomic E-state index is 13.9. The van der Waals surface area contributed by atoms with Gasteiger partial charge in [-0.15, -0.1) is 0 Å². The van der Waals surface area contributed by atoms with Crippen molar-refractivity contribution in [3.63, 3.8) is 0 Å². The molecule has 1 aliphatic rings. The number of benzene rings is 3. The zero-order valence-corrected chi connectivity index (χ0v) is 17.0. The van der Waals surface area contributed by atoms with E-state index >= 15 is 0 Å². The van der Waals surface area contributed by atoms with E-state index < -0.39 is 0 Å². The van der Waals surface area contributed by atoms with E-state index in [9.17, 15) is 9.18 Å². The number of carbonyl (C=O) groups excluding carboxylic acids is 1. The van der Waals surface area contributed by atoms with Crippen molar-refractivity contribution in [2.45, 2.75) is 25.4 Å². The molecule has 0 bridgehead atoms. The van der Waals surface area contributed by atoms with Gasteiger partial charge in [-0.1, -0.05) is 78.9 Å². The lowest BCUT2D eigenvalue weighted by Crippen LogP contribution is -2.41. The molecule has 1 heterocycles. The molecule has 3 aromatic carbocycles. The zero-order valence-electron chi connectivity index (χ0n) is 17.0. The highest BCUT2D eigenvalue weighted by atomic mass is 19.1. The Morgan fingerprint density at radius 1 is 0.867 bits per heavy atom. The van der Waals surface area contributed by atoms with E-state index in [4.69, 9.17) is 0 Å². The third kappa shape index (κ3) is 4.95. The van der Waals surface area contributed by atoms with Crippen molar-refractivity contribution < 1.29 is 9.18 Å². The number of hydrogen-bond acceptors (Lipinski definition) is 2. The average molecular weight is 403 g/mol. The number of amides is 1. The number of nitrogens with zero attached hydrogens (tertiary/aromatic N) is 1. The van der Waals surface area contributed by atoms with E-state index in [1.165, 1.54) is 6.07 Å². The lowest BCUT2D eigenvalue weighted by Gasteiger charge is -2.32.